The summed E-state index contributed by atoms with van der Waals surface area (Å²) in [5, 5.41) is 1.96. The van der Waals surface area contributed by atoms with Gasteiger partial charge in [0.05, 0.1) is 18.1 Å². The monoisotopic (exact) mass is 257 g/mol. The van der Waals surface area contributed by atoms with Crippen molar-refractivity contribution in [3.63, 3.8) is 0 Å². The average molecular weight is 257 g/mol. The van der Waals surface area contributed by atoms with Crippen LogP contribution in [-0.2, 0) is 6.61 Å². The summed E-state index contributed by atoms with van der Waals surface area (Å²) in [4.78, 5) is 0. The highest BCUT2D eigenvalue weighted by Crippen LogP contribution is 2.31. The molecule has 3 rings (SSSR count). The van der Waals surface area contributed by atoms with Crippen molar-refractivity contribution in [3.8, 4) is 17.0 Å². The van der Waals surface area contributed by atoms with Crippen LogP contribution in [0.2, 0.25) is 0 Å². The zero-order valence-corrected chi connectivity index (χ0v) is 10.4. The summed E-state index contributed by atoms with van der Waals surface area (Å²) in [6.07, 6.45) is 3.34. The van der Waals surface area contributed by atoms with Gasteiger partial charge in [-0.15, -0.1) is 0 Å². The Morgan fingerprint density at radius 3 is 2.83 bits per heavy atom. The number of hydrogen-bond acceptors (Lipinski definition) is 4. The van der Waals surface area contributed by atoms with Crippen LogP contribution in [-0.4, -0.2) is 4.37 Å². The van der Waals surface area contributed by atoms with Crippen molar-refractivity contribution >= 4 is 11.5 Å². The van der Waals surface area contributed by atoms with Gasteiger partial charge in [-0.1, -0.05) is 30.3 Å². The molecule has 90 valence electrons. The Morgan fingerprint density at radius 2 is 2.06 bits per heavy atom. The van der Waals surface area contributed by atoms with E-state index >= 15 is 0 Å². The lowest BCUT2D eigenvalue weighted by atomic mass is 10.2. The molecule has 0 spiro atoms. The molecule has 0 fully saturated rings. The molecular weight excluding hydrogens is 246 g/mol. The second kappa shape index (κ2) is 5.06. The summed E-state index contributed by atoms with van der Waals surface area (Å²) in [7, 11) is 0. The highest BCUT2D eigenvalue weighted by molar-refractivity contribution is 7.04. The van der Waals surface area contributed by atoms with Crippen LogP contribution in [0, 0.1) is 0 Å². The van der Waals surface area contributed by atoms with Crippen LogP contribution >= 0.6 is 11.5 Å². The number of hydrogen-bond donors (Lipinski definition) is 0. The predicted octanol–water partition coefficient (Wildman–Crippen LogP) is 3.98. The number of aromatic nitrogens is 1. The minimum atomic E-state index is 0.523. The van der Waals surface area contributed by atoms with Crippen LogP contribution < -0.4 is 4.74 Å². The summed E-state index contributed by atoms with van der Waals surface area (Å²) in [5.41, 5.74) is 3.10. The summed E-state index contributed by atoms with van der Waals surface area (Å²) >= 11 is 1.38. The van der Waals surface area contributed by atoms with Gasteiger partial charge < -0.3 is 9.15 Å². The molecule has 2 heterocycles. The number of benzene rings is 1. The number of nitrogens with zero attached hydrogens (tertiary/aromatic N) is 1. The van der Waals surface area contributed by atoms with Gasteiger partial charge in [0, 0.05) is 10.9 Å². The minimum Gasteiger partial charge on any atom is -0.472 e. The second-order valence-electron chi connectivity index (χ2n) is 3.82. The smallest absolute Gasteiger partial charge is 0.233 e. The van der Waals surface area contributed by atoms with Gasteiger partial charge in [-0.2, -0.15) is 4.37 Å². The fraction of sp³-hybridized carbons (Fsp3) is 0.0714. The van der Waals surface area contributed by atoms with Gasteiger partial charge in [-0.25, -0.2) is 0 Å². The Bertz CT molecular complexity index is 602. The second-order valence-corrected chi connectivity index (χ2v) is 4.45. The first-order chi connectivity index (χ1) is 8.93. The zero-order chi connectivity index (χ0) is 12.2. The number of rotatable bonds is 4. The molecule has 1 aromatic carbocycles. The topological polar surface area (TPSA) is 35.3 Å². The van der Waals surface area contributed by atoms with Crippen molar-refractivity contribution in [3.05, 3.63) is 59.9 Å². The van der Waals surface area contributed by atoms with E-state index in [0.29, 0.717) is 12.5 Å². The summed E-state index contributed by atoms with van der Waals surface area (Å²) < 4.78 is 15.1. The molecule has 0 saturated heterocycles. The molecule has 3 aromatic rings. The van der Waals surface area contributed by atoms with Gasteiger partial charge in [0.2, 0.25) is 5.88 Å². The molecule has 0 N–H and O–H groups in total. The predicted molar refractivity (Wildman–Crippen MR) is 70.6 cm³/mol. The maximum Gasteiger partial charge on any atom is 0.233 e. The molecule has 4 heteroatoms. The third-order valence-electron chi connectivity index (χ3n) is 2.59. The first-order valence-corrected chi connectivity index (χ1v) is 6.41. The van der Waals surface area contributed by atoms with Gasteiger partial charge in [-0.05, 0) is 23.2 Å². The van der Waals surface area contributed by atoms with Gasteiger partial charge in [0.15, 0.2) is 0 Å². The van der Waals surface area contributed by atoms with E-state index in [0.717, 1.165) is 16.7 Å². The summed E-state index contributed by atoms with van der Waals surface area (Å²) in [6.45, 7) is 0.523. The van der Waals surface area contributed by atoms with Crippen LogP contribution in [0.5, 0.6) is 5.88 Å². The van der Waals surface area contributed by atoms with Crippen LogP contribution in [0.3, 0.4) is 0 Å². The number of ether oxygens (including phenoxy) is 1. The van der Waals surface area contributed by atoms with Crippen molar-refractivity contribution in [2.24, 2.45) is 0 Å². The molecule has 0 aliphatic heterocycles. The number of furan rings is 1. The fourth-order valence-corrected chi connectivity index (χ4v) is 2.31. The van der Waals surface area contributed by atoms with E-state index in [4.69, 9.17) is 9.15 Å². The van der Waals surface area contributed by atoms with E-state index in [2.05, 4.69) is 4.37 Å². The van der Waals surface area contributed by atoms with Crippen molar-refractivity contribution in [1.29, 1.82) is 0 Å². The van der Waals surface area contributed by atoms with Gasteiger partial charge in [0.1, 0.15) is 6.61 Å². The molecule has 0 aliphatic rings. The van der Waals surface area contributed by atoms with E-state index in [1.165, 1.54) is 11.5 Å². The first-order valence-electron chi connectivity index (χ1n) is 5.57. The van der Waals surface area contributed by atoms with Crippen LogP contribution in [0.1, 0.15) is 5.56 Å². The largest absolute Gasteiger partial charge is 0.472 e. The molecule has 0 bridgehead atoms. The van der Waals surface area contributed by atoms with Crippen molar-refractivity contribution in [2.45, 2.75) is 6.61 Å². The van der Waals surface area contributed by atoms with Crippen molar-refractivity contribution in [1.82, 2.24) is 4.37 Å². The van der Waals surface area contributed by atoms with Gasteiger partial charge in [0.25, 0.3) is 0 Å². The Labute approximate surface area is 109 Å². The maximum atomic E-state index is 5.74. The van der Waals surface area contributed by atoms with Crippen molar-refractivity contribution < 1.29 is 9.15 Å². The zero-order valence-electron chi connectivity index (χ0n) is 9.58. The third kappa shape index (κ3) is 2.28. The van der Waals surface area contributed by atoms with Gasteiger partial charge >= 0.3 is 0 Å². The quantitative estimate of drug-likeness (QED) is 0.709. The average Bonchev–Trinajstić information content (AvgIpc) is 3.08. The highest BCUT2D eigenvalue weighted by atomic mass is 32.1. The Balaban J connectivity index is 1.76. The van der Waals surface area contributed by atoms with E-state index in [-0.39, 0.29) is 0 Å². The highest BCUT2D eigenvalue weighted by Gasteiger charge is 2.10. The summed E-state index contributed by atoms with van der Waals surface area (Å²) in [5.74, 6) is 0.658. The molecule has 0 radical (unpaired) electrons. The van der Waals surface area contributed by atoms with E-state index in [1.807, 2.05) is 41.8 Å². The lowest BCUT2D eigenvalue weighted by Crippen LogP contribution is -1.95. The first kappa shape index (κ1) is 11.0. The molecule has 0 unspecified atom stereocenters. The molecule has 0 atom stereocenters. The van der Waals surface area contributed by atoms with E-state index in [1.54, 1.807) is 12.5 Å². The van der Waals surface area contributed by atoms with Crippen molar-refractivity contribution in [2.75, 3.05) is 0 Å². The van der Waals surface area contributed by atoms with E-state index < -0.39 is 0 Å². The Morgan fingerprint density at radius 1 is 1.17 bits per heavy atom. The van der Waals surface area contributed by atoms with Crippen LogP contribution in [0.4, 0.5) is 0 Å². The Kier molecular flexibility index (Phi) is 3.10. The molecule has 0 amide bonds. The van der Waals surface area contributed by atoms with Gasteiger partial charge in [-0.3, -0.25) is 0 Å². The minimum absolute atomic E-state index is 0.523. The maximum absolute atomic E-state index is 5.74. The standard InChI is InChI=1S/C14H11NO2S/c1-2-4-11(5-3-1)8-17-14-13(10-18-15-14)12-6-7-16-9-12/h1-7,9-10H,8H2. The molecule has 0 saturated carbocycles. The fourth-order valence-electron chi connectivity index (χ4n) is 1.67. The third-order valence-corrected chi connectivity index (χ3v) is 3.20. The van der Waals surface area contributed by atoms with Crippen LogP contribution in [0.15, 0.2) is 58.7 Å². The molecule has 18 heavy (non-hydrogen) atoms. The molecule has 0 aliphatic carbocycles. The SMILES string of the molecule is c1ccc(COc2nscc2-c2ccoc2)cc1. The molecule has 3 nitrogen and oxygen atoms in total. The lowest BCUT2D eigenvalue weighted by Gasteiger charge is -2.04. The Hall–Kier alpha value is -2.07. The molecular formula is C14H11NO2S. The van der Waals surface area contributed by atoms with E-state index in [9.17, 15) is 0 Å². The summed E-state index contributed by atoms with van der Waals surface area (Å²) in [6, 6.07) is 11.9. The normalized spacial score (nSPS) is 10.4. The van der Waals surface area contributed by atoms with Crippen LogP contribution in [0.25, 0.3) is 11.1 Å². The molecule has 2 aromatic heterocycles. The lowest BCUT2D eigenvalue weighted by molar-refractivity contribution is 0.298.